The van der Waals surface area contributed by atoms with Gasteiger partial charge in [0.2, 0.25) is 15.9 Å². The number of sulfonamides is 1. The lowest BCUT2D eigenvalue weighted by Gasteiger charge is -2.33. The maximum atomic E-state index is 12.8. The average Bonchev–Trinajstić information content (AvgIpc) is 2.93. The zero-order chi connectivity index (χ0) is 16.6. The molecule has 124 valence electrons. The lowest BCUT2D eigenvalue weighted by Crippen LogP contribution is -2.48. The first-order chi connectivity index (χ1) is 10.9. The summed E-state index contributed by atoms with van der Waals surface area (Å²) >= 11 is 0. The molecule has 8 heteroatoms. The first-order valence-electron chi connectivity index (χ1n) is 7.50. The number of nitrogens with zero attached hydrogens (tertiary/aromatic N) is 4. The number of aryl methyl sites for hydroxylation is 3. The summed E-state index contributed by atoms with van der Waals surface area (Å²) in [7, 11) is -3.47. The summed E-state index contributed by atoms with van der Waals surface area (Å²) < 4.78 is 32.6. The van der Waals surface area contributed by atoms with Gasteiger partial charge in [-0.05, 0) is 25.5 Å². The summed E-state index contributed by atoms with van der Waals surface area (Å²) in [4.78, 5) is 2.29. The number of piperazine rings is 1. The Morgan fingerprint density at radius 1 is 1.04 bits per heavy atom. The van der Waals surface area contributed by atoms with Crippen molar-refractivity contribution in [2.75, 3.05) is 31.1 Å². The van der Waals surface area contributed by atoms with Gasteiger partial charge in [-0.2, -0.15) is 4.31 Å². The van der Waals surface area contributed by atoms with Crippen molar-refractivity contribution in [3.8, 4) is 0 Å². The Kier molecular flexibility index (Phi) is 4.11. The van der Waals surface area contributed by atoms with Crippen LogP contribution in [0.2, 0.25) is 0 Å². The fourth-order valence-corrected chi connectivity index (χ4v) is 4.39. The topological polar surface area (TPSA) is 79.5 Å². The molecule has 0 bridgehead atoms. The van der Waals surface area contributed by atoms with Crippen LogP contribution in [0.15, 0.2) is 27.5 Å². The molecule has 0 atom stereocenters. The van der Waals surface area contributed by atoms with Gasteiger partial charge in [0.05, 0.1) is 4.90 Å². The number of aromatic nitrogens is 2. The van der Waals surface area contributed by atoms with Crippen molar-refractivity contribution in [3.05, 3.63) is 35.2 Å². The Labute approximate surface area is 136 Å². The predicted octanol–water partition coefficient (Wildman–Crippen LogP) is 1.51. The number of benzene rings is 1. The van der Waals surface area contributed by atoms with Gasteiger partial charge in [0.1, 0.15) is 0 Å². The number of hydrogen-bond acceptors (Lipinski definition) is 6. The van der Waals surface area contributed by atoms with Gasteiger partial charge in [-0.25, -0.2) is 8.42 Å². The van der Waals surface area contributed by atoms with E-state index >= 15 is 0 Å². The molecule has 23 heavy (non-hydrogen) atoms. The van der Waals surface area contributed by atoms with Gasteiger partial charge in [-0.1, -0.05) is 22.8 Å². The molecule has 0 amide bonds. The van der Waals surface area contributed by atoms with Crippen LogP contribution in [-0.4, -0.2) is 49.1 Å². The minimum atomic E-state index is -3.47. The Hall–Kier alpha value is -1.93. The van der Waals surface area contributed by atoms with Crippen molar-refractivity contribution in [2.45, 2.75) is 25.7 Å². The summed E-state index contributed by atoms with van der Waals surface area (Å²) in [6, 6.07) is 5.86. The van der Waals surface area contributed by atoms with E-state index in [1.165, 1.54) is 4.31 Å². The van der Waals surface area contributed by atoms with Crippen LogP contribution in [0.3, 0.4) is 0 Å². The van der Waals surface area contributed by atoms with Crippen molar-refractivity contribution in [3.63, 3.8) is 0 Å². The second-order valence-corrected chi connectivity index (χ2v) is 7.67. The average molecular weight is 336 g/mol. The number of anilines is 1. The molecule has 0 radical (unpaired) electrons. The molecule has 1 aliphatic rings. The highest BCUT2D eigenvalue weighted by Gasteiger charge is 2.30. The van der Waals surface area contributed by atoms with Gasteiger partial charge in [0, 0.05) is 33.1 Å². The van der Waals surface area contributed by atoms with Crippen molar-refractivity contribution in [2.24, 2.45) is 0 Å². The highest BCUT2D eigenvalue weighted by molar-refractivity contribution is 7.89. The third kappa shape index (κ3) is 3.09. The predicted molar refractivity (Wildman–Crippen MR) is 85.9 cm³/mol. The van der Waals surface area contributed by atoms with Crippen LogP contribution >= 0.6 is 0 Å². The van der Waals surface area contributed by atoms with Crippen LogP contribution in [0, 0.1) is 20.8 Å². The molecule has 0 aliphatic carbocycles. The molecule has 1 aliphatic heterocycles. The summed E-state index contributed by atoms with van der Waals surface area (Å²) in [6.07, 6.45) is 0. The molecule has 1 aromatic carbocycles. The van der Waals surface area contributed by atoms with Gasteiger partial charge < -0.3 is 9.32 Å². The number of hydrogen-bond donors (Lipinski definition) is 0. The number of rotatable bonds is 3. The maximum Gasteiger partial charge on any atom is 0.318 e. The molecule has 3 rings (SSSR count). The molecule has 0 spiro atoms. The van der Waals surface area contributed by atoms with Crippen LogP contribution < -0.4 is 4.90 Å². The van der Waals surface area contributed by atoms with Gasteiger partial charge in [0.15, 0.2) is 0 Å². The van der Waals surface area contributed by atoms with Crippen LogP contribution in [0.4, 0.5) is 6.01 Å². The molecule has 2 aromatic rings. The molecule has 0 saturated carbocycles. The fourth-order valence-electron chi connectivity index (χ4n) is 2.76. The second kappa shape index (κ2) is 5.93. The maximum absolute atomic E-state index is 12.8. The molecule has 1 fully saturated rings. The standard InChI is InChI=1S/C15H20N4O3S/c1-11-4-5-14(12(2)10-11)23(20,21)19-8-6-18(7-9-19)15-17-16-13(3)22-15/h4-5,10H,6-9H2,1-3H3. The quantitative estimate of drug-likeness (QED) is 0.845. The molecule has 1 saturated heterocycles. The highest BCUT2D eigenvalue weighted by Crippen LogP contribution is 2.23. The lowest BCUT2D eigenvalue weighted by molar-refractivity contribution is 0.370. The van der Waals surface area contributed by atoms with E-state index in [9.17, 15) is 8.42 Å². The third-order valence-corrected chi connectivity index (χ3v) is 6.03. The summed E-state index contributed by atoms with van der Waals surface area (Å²) in [5.41, 5.74) is 1.83. The zero-order valence-electron chi connectivity index (χ0n) is 13.5. The van der Waals surface area contributed by atoms with E-state index in [1.54, 1.807) is 13.0 Å². The Morgan fingerprint density at radius 3 is 2.30 bits per heavy atom. The van der Waals surface area contributed by atoms with E-state index in [0.29, 0.717) is 43.0 Å². The smallest absolute Gasteiger partial charge is 0.318 e. The molecule has 0 N–H and O–H groups in total. The minimum absolute atomic E-state index is 0.380. The fraction of sp³-hybridized carbons (Fsp3) is 0.467. The largest absolute Gasteiger partial charge is 0.408 e. The molecular formula is C15H20N4O3S. The van der Waals surface area contributed by atoms with Crippen LogP contribution in [0.25, 0.3) is 0 Å². The Balaban J connectivity index is 1.76. The molecular weight excluding hydrogens is 316 g/mol. The Morgan fingerprint density at radius 2 is 1.74 bits per heavy atom. The van der Waals surface area contributed by atoms with E-state index < -0.39 is 10.0 Å². The van der Waals surface area contributed by atoms with Crippen LogP contribution in [-0.2, 0) is 10.0 Å². The molecule has 1 aromatic heterocycles. The first-order valence-corrected chi connectivity index (χ1v) is 8.94. The minimum Gasteiger partial charge on any atom is -0.408 e. The van der Waals surface area contributed by atoms with E-state index in [-0.39, 0.29) is 0 Å². The van der Waals surface area contributed by atoms with Crippen LogP contribution in [0.1, 0.15) is 17.0 Å². The van der Waals surface area contributed by atoms with E-state index in [0.717, 1.165) is 11.1 Å². The second-order valence-electron chi connectivity index (χ2n) is 5.76. The van der Waals surface area contributed by atoms with Crippen molar-refractivity contribution in [1.82, 2.24) is 14.5 Å². The highest BCUT2D eigenvalue weighted by atomic mass is 32.2. The van der Waals surface area contributed by atoms with Crippen molar-refractivity contribution < 1.29 is 12.8 Å². The summed E-state index contributed by atoms with van der Waals surface area (Å²) in [5, 5.41) is 7.79. The molecule has 2 heterocycles. The third-order valence-electron chi connectivity index (χ3n) is 3.97. The Bertz CT molecular complexity index is 808. The van der Waals surface area contributed by atoms with Gasteiger partial charge in [0.25, 0.3) is 0 Å². The van der Waals surface area contributed by atoms with E-state index in [2.05, 4.69) is 10.2 Å². The van der Waals surface area contributed by atoms with Crippen molar-refractivity contribution in [1.29, 1.82) is 0 Å². The molecule has 0 unspecified atom stereocenters. The first kappa shape index (κ1) is 15.9. The van der Waals surface area contributed by atoms with Crippen LogP contribution in [0.5, 0.6) is 0 Å². The van der Waals surface area contributed by atoms with Gasteiger partial charge in [-0.15, -0.1) is 5.10 Å². The van der Waals surface area contributed by atoms with Gasteiger partial charge >= 0.3 is 6.01 Å². The normalized spacial score (nSPS) is 16.7. The lowest BCUT2D eigenvalue weighted by atomic mass is 10.2. The zero-order valence-corrected chi connectivity index (χ0v) is 14.3. The van der Waals surface area contributed by atoms with Crippen molar-refractivity contribution >= 4 is 16.0 Å². The molecule has 7 nitrogen and oxygen atoms in total. The summed E-state index contributed by atoms with van der Waals surface area (Å²) in [6.45, 7) is 7.38. The SMILES string of the molecule is Cc1ccc(S(=O)(=O)N2CCN(c3nnc(C)o3)CC2)c(C)c1. The van der Waals surface area contributed by atoms with E-state index in [1.807, 2.05) is 30.9 Å². The van der Waals surface area contributed by atoms with E-state index in [4.69, 9.17) is 4.42 Å². The monoisotopic (exact) mass is 336 g/mol. The summed E-state index contributed by atoms with van der Waals surface area (Å²) in [5.74, 6) is 0.505. The van der Waals surface area contributed by atoms with Gasteiger partial charge in [-0.3, -0.25) is 0 Å².